The predicted octanol–water partition coefficient (Wildman–Crippen LogP) is 1.45. The van der Waals surface area contributed by atoms with Crippen molar-refractivity contribution in [2.45, 2.75) is 224 Å². The van der Waals surface area contributed by atoms with Gasteiger partial charge in [-0.05, 0) is 120 Å². The molecule has 2 saturated heterocycles. The lowest BCUT2D eigenvalue weighted by molar-refractivity contribution is -0.384. The fraction of sp³-hybridized carbons (Fsp3) is 1.00. The Morgan fingerprint density at radius 2 is 1.00 bits per heavy atom. The molecule has 0 aromatic heterocycles. The van der Waals surface area contributed by atoms with E-state index in [1.807, 2.05) is 0 Å². The molecule has 0 spiro atoms. The maximum absolute atomic E-state index is 10.5. The summed E-state index contributed by atoms with van der Waals surface area (Å²) in [6.45, 7) is 12.9. The molecule has 0 radical (unpaired) electrons. The first-order valence-electron chi connectivity index (χ1n) is 20.3. The molecule has 10 N–H and O–H groups in total. The lowest BCUT2D eigenvalue weighted by atomic mass is 9.84. The summed E-state index contributed by atoms with van der Waals surface area (Å²) in [4.78, 5) is 0. The third-order valence-electron chi connectivity index (χ3n) is 9.75. The number of aliphatic hydroxyl groups is 8. The van der Waals surface area contributed by atoms with Crippen molar-refractivity contribution in [3.05, 3.63) is 0 Å². The normalized spacial score (nSPS) is 32.9. The van der Waals surface area contributed by atoms with Crippen molar-refractivity contribution in [2.24, 2.45) is 5.92 Å². The molecule has 0 bridgehead atoms. The van der Waals surface area contributed by atoms with Crippen LogP contribution in [0.5, 0.6) is 0 Å². The first-order chi connectivity index (χ1) is 25.3. The highest BCUT2D eigenvalue weighted by atomic mass is 16.8. The summed E-state index contributed by atoms with van der Waals surface area (Å²) in [5, 5.41) is 82.4. The van der Waals surface area contributed by atoms with Crippen LogP contribution in [0.15, 0.2) is 0 Å². The molecule has 0 aromatic rings. The highest BCUT2D eigenvalue weighted by molar-refractivity contribution is 5.01. The molecular formula is C39H78O16. The van der Waals surface area contributed by atoms with Gasteiger partial charge in [-0.2, -0.15) is 0 Å². The van der Waals surface area contributed by atoms with E-state index in [9.17, 15) is 40.9 Å². The third kappa shape index (κ3) is 18.9. The van der Waals surface area contributed by atoms with Crippen LogP contribution in [0.3, 0.4) is 0 Å². The van der Waals surface area contributed by atoms with Crippen molar-refractivity contribution in [1.82, 2.24) is 0 Å². The number of hydrogen-bond donors (Lipinski definition) is 8. The Balaban J connectivity index is 0.0000151. The molecule has 2 fully saturated rings. The second-order valence-corrected chi connectivity index (χ2v) is 16.1. The van der Waals surface area contributed by atoms with E-state index < -0.39 is 104 Å². The summed E-state index contributed by atoms with van der Waals surface area (Å²) in [5.41, 5.74) is 0. The lowest BCUT2D eigenvalue weighted by Crippen LogP contribution is -2.61. The Bertz CT molecular complexity index is 966. The average molecular weight is 803 g/mol. The molecule has 17 unspecified atom stereocenters. The predicted molar refractivity (Wildman–Crippen MR) is 203 cm³/mol. The van der Waals surface area contributed by atoms with Crippen molar-refractivity contribution < 1.29 is 79.5 Å². The highest BCUT2D eigenvalue weighted by Crippen LogP contribution is 2.46. The second kappa shape index (κ2) is 26.5. The van der Waals surface area contributed by atoms with Gasteiger partial charge in [0, 0.05) is 12.3 Å². The maximum Gasteiger partial charge on any atom is 0.200 e. The first kappa shape index (κ1) is 52.4. The summed E-state index contributed by atoms with van der Waals surface area (Å²) in [7, 11) is 0. The van der Waals surface area contributed by atoms with E-state index in [1.54, 1.807) is 48.5 Å². The molecule has 17 atom stereocenters. The van der Waals surface area contributed by atoms with E-state index >= 15 is 0 Å². The number of hydrogen-bond acceptors (Lipinski definition) is 15. The van der Waals surface area contributed by atoms with Gasteiger partial charge in [0.15, 0.2) is 12.6 Å². The molecule has 2 aliphatic rings. The van der Waals surface area contributed by atoms with Crippen LogP contribution in [0.4, 0.5) is 0 Å². The Kier molecular flexibility index (Phi) is 25.2. The molecule has 2 rings (SSSR count). The quantitative estimate of drug-likeness (QED) is 0.0521. The van der Waals surface area contributed by atoms with Crippen LogP contribution in [0.2, 0.25) is 0 Å². The molecule has 0 saturated carbocycles. The van der Waals surface area contributed by atoms with E-state index in [0.717, 1.165) is 0 Å². The van der Waals surface area contributed by atoms with Crippen LogP contribution in [0.25, 0.3) is 0 Å². The summed E-state index contributed by atoms with van der Waals surface area (Å²) in [6.07, 6.45) is -7.13. The van der Waals surface area contributed by atoms with Gasteiger partial charge in [0.05, 0.1) is 80.9 Å². The highest BCUT2D eigenvalue weighted by Gasteiger charge is 2.60. The molecule has 2 aliphatic heterocycles. The van der Waals surface area contributed by atoms with Crippen LogP contribution >= 0.6 is 0 Å². The van der Waals surface area contributed by atoms with Gasteiger partial charge in [0.2, 0.25) is 5.79 Å². The lowest BCUT2D eigenvalue weighted by Gasteiger charge is -2.49. The fourth-order valence-corrected chi connectivity index (χ4v) is 7.30. The van der Waals surface area contributed by atoms with Crippen molar-refractivity contribution in [3.63, 3.8) is 0 Å². The smallest absolute Gasteiger partial charge is 0.200 e. The second-order valence-electron chi connectivity index (χ2n) is 16.1. The molecule has 16 nitrogen and oxygen atoms in total. The summed E-state index contributed by atoms with van der Waals surface area (Å²) >= 11 is 0. The summed E-state index contributed by atoms with van der Waals surface area (Å²) < 4.78 is 46.2. The van der Waals surface area contributed by atoms with Crippen molar-refractivity contribution >= 4 is 0 Å². The maximum atomic E-state index is 10.5. The molecule has 0 amide bonds. The summed E-state index contributed by atoms with van der Waals surface area (Å²) in [5.74, 6) is -2.20. The Labute approximate surface area is 328 Å². The Morgan fingerprint density at radius 1 is 0.527 bits per heavy atom. The minimum atomic E-state index is -1.58. The molecule has 16 heteroatoms. The molecule has 0 aliphatic carbocycles. The zero-order valence-corrected chi connectivity index (χ0v) is 34.6. The van der Waals surface area contributed by atoms with Crippen LogP contribution in [0.1, 0.15) is 126 Å². The van der Waals surface area contributed by atoms with E-state index in [0.29, 0.717) is 64.2 Å². The number of aliphatic hydroxyl groups excluding tert-OH is 8. The fourth-order valence-electron chi connectivity index (χ4n) is 7.30. The van der Waals surface area contributed by atoms with Crippen LogP contribution in [-0.2, 0) is 33.2 Å². The van der Waals surface area contributed by atoms with Gasteiger partial charge < -0.3 is 79.5 Å². The third-order valence-corrected chi connectivity index (χ3v) is 9.75. The van der Waals surface area contributed by atoms with Gasteiger partial charge in [-0.15, -0.1) is 0 Å². The van der Waals surface area contributed by atoms with Gasteiger partial charge in [0.25, 0.3) is 0 Å². The van der Waals surface area contributed by atoms with Gasteiger partial charge in [-0.3, -0.25) is 0 Å². The molecule has 330 valence electrons. The summed E-state index contributed by atoms with van der Waals surface area (Å²) in [6, 6.07) is 0. The van der Waals surface area contributed by atoms with Crippen molar-refractivity contribution in [2.75, 3.05) is 19.8 Å². The Morgan fingerprint density at radius 3 is 1.49 bits per heavy atom. The molecule has 2 heterocycles. The van der Waals surface area contributed by atoms with Crippen LogP contribution < -0.4 is 0 Å². The van der Waals surface area contributed by atoms with E-state index in [4.69, 9.17) is 33.2 Å². The van der Waals surface area contributed by atoms with E-state index in [1.165, 1.54) is 6.92 Å². The van der Waals surface area contributed by atoms with Gasteiger partial charge in [-0.1, -0.05) is 0 Å². The van der Waals surface area contributed by atoms with Crippen LogP contribution in [0, 0.1) is 5.92 Å². The van der Waals surface area contributed by atoms with Crippen molar-refractivity contribution in [3.8, 4) is 0 Å². The number of ether oxygens (including phenoxy) is 7. The topological polar surface area (TPSA) is 258 Å². The molecular weight excluding hydrogens is 724 g/mol. The molecule has 55 heavy (non-hydrogen) atoms. The molecule has 0 aromatic carbocycles. The van der Waals surface area contributed by atoms with Gasteiger partial charge in [-0.25, -0.2) is 0 Å². The minimum Gasteiger partial charge on any atom is -0.412 e. The van der Waals surface area contributed by atoms with E-state index in [-0.39, 0.29) is 31.7 Å². The van der Waals surface area contributed by atoms with Crippen molar-refractivity contribution in [1.29, 1.82) is 0 Å². The van der Waals surface area contributed by atoms with E-state index in [2.05, 4.69) is 0 Å². The van der Waals surface area contributed by atoms with Gasteiger partial charge >= 0.3 is 0 Å². The SMILES string of the molecule is CC(O)CCCC1OC(OC2(CCCC(C)O)OC(CCCC(C)O)C(OCC(C)O)C2OCC(C)O)C(CCC(C)O)C(OCC(C)O)C1OC(C)O.O. The Hall–Kier alpha value is -0.640. The van der Waals surface area contributed by atoms with Gasteiger partial charge in [0.1, 0.15) is 18.3 Å². The zero-order chi connectivity index (χ0) is 40.6. The largest absolute Gasteiger partial charge is 0.412 e. The zero-order valence-electron chi connectivity index (χ0n) is 34.6. The standard InChI is InChI=1S/C39H76O15.H2O/c1-23(40)12-9-15-32-35(51-30(8)47)34(48-20-27(5)44)31(18-17-26(4)43)38(52-32)54-39(19-11-14-25(3)42)37(50-22-29(7)46)36(49-21-28(6)45)33(53-39)16-10-13-24(2)41;/h23-38,40-47H,9-22H2,1-8H3;1H2. The van der Waals surface area contributed by atoms with Crippen LogP contribution in [-0.4, -0.2) is 164 Å². The minimum absolute atomic E-state index is 0. The first-order valence-corrected chi connectivity index (χ1v) is 20.3. The number of rotatable bonds is 28. The average Bonchev–Trinajstić information content (AvgIpc) is 3.32. The monoisotopic (exact) mass is 803 g/mol.